The van der Waals surface area contributed by atoms with Crippen LogP contribution in [0, 0.1) is 6.92 Å². The summed E-state index contributed by atoms with van der Waals surface area (Å²) in [6.45, 7) is 4.19. The summed E-state index contributed by atoms with van der Waals surface area (Å²) in [6.07, 6.45) is 4.25. The van der Waals surface area contributed by atoms with Gasteiger partial charge < -0.3 is 19.4 Å². The molecule has 1 N–H and O–H groups in total. The molecule has 2 aliphatic heterocycles. The van der Waals surface area contributed by atoms with E-state index in [0.717, 1.165) is 61.0 Å². The molecular weight excluding hydrogens is 450 g/mol. The summed E-state index contributed by atoms with van der Waals surface area (Å²) in [6, 6.07) is 19.4. The average Bonchev–Trinajstić information content (AvgIpc) is 2.90. The number of rotatable bonds is 4. The number of aryl methyl sites for hydroxylation is 3. The highest BCUT2D eigenvalue weighted by Gasteiger charge is 2.27. The molecule has 1 amide bonds. The molecule has 0 saturated heterocycles. The zero-order valence-corrected chi connectivity index (χ0v) is 20.6. The number of benzene rings is 3. The first-order valence-electron chi connectivity index (χ1n) is 12.5. The molecule has 182 valence electrons. The average molecular weight is 480 g/mol. The highest BCUT2D eigenvalue weighted by Crippen LogP contribution is 2.40. The largest absolute Gasteiger partial charge is 0.494 e. The van der Waals surface area contributed by atoms with Crippen LogP contribution in [0.2, 0.25) is 0 Å². The fraction of sp³-hybridized carbons (Fsp3) is 0.267. The van der Waals surface area contributed by atoms with Crippen molar-refractivity contribution in [2.75, 3.05) is 30.4 Å². The van der Waals surface area contributed by atoms with Gasteiger partial charge in [-0.1, -0.05) is 29.8 Å². The highest BCUT2D eigenvalue weighted by atomic mass is 16.5. The van der Waals surface area contributed by atoms with Crippen LogP contribution >= 0.6 is 0 Å². The van der Waals surface area contributed by atoms with Gasteiger partial charge in [-0.2, -0.15) is 0 Å². The first kappa shape index (κ1) is 22.4. The Morgan fingerprint density at radius 1 is 1.03 bits per heavy atom. The van der Waals surface area contributed by atoms with Crippen LogP contribution in [0.3, 0.4) is 0 Å². The molecule has 0 spiro atoms. The smallest absolute Gasteiger partial charge is 0.261 e. The molecule has 0 unspecified atom stereocenters. The molecule has 0 bridgehead atoms. The molecule has 6 rings (SSSR count). The van der Waals surface area contributed by atoms with E-state index < -0.39 is 0 Å². The van der Waals surface area contributed by atoms with E-state index in [4.69, 9.17) is 14.1 Å². The molecule has 6 heteroatoms. The fourth-order valence-electron chi connectivity index (χ4n) is 5.37. The van der Waals surface area contributed by atoms with E-state index in [-0.39, 0.29) is 11.5 Å². The quantitative estimate of drug-likeness (QED) is 0.394. The third-order valence-electron chi connectivity index (χ3n) is 7.09. The molecule has 6 nitrogen and oxygen atoms in total. The number of nitrogens with zero attached hydrogens (tertiary/aromatic N) is 2. The number of carbonyl (C=O) groups excluding carboxylic acids is 1. The molecule has 0 aliphatic carbocycles. The van der Waals surface area contributed by atoms with Crippen molar-refractivity contribution in [3.05, 3.63) is 88.5 Å². The predicted molar refractivity (Wildman–Crippen MR) is 142 cm³/mol. The monoisotopic (exact) mass is 479 g/mol. The third kappa shape index (κ3) is 4.02. The van der Waals surface area contributed by atoms with Crippen molar-refractivity contribution in [2.24, 2.45) is 4.99 Å². The van der Waals surface area contributed by atoms with Gasteiger partial charge in [0, 0.05) is 35.4 Å². The predicted octanol–water partition coefficient (Wildman–Crippen LogP) is 5.93. The standard InChI is InChI=1S/C30H29N3O3/c1-19-11-13-22(14-12-19)31-29(34)24-18-21-17-20-7-5-15-33-16-6-8-23(27(20)33)28(21)36-30(24)32-25-9-3-4-10-26(25)35-2/h3-4,9-14,17-18H,5-8,15-16H2,1-2H3,(H,31,34). The fourth-order valence-corrected chi connectivity index (χ4v) is 5.37. The summed E-state index contributed by atoms with van der Waals surface area (Å²) < 4.78 is 12.0. The van der Waals surface area contributed by atoms with E-state index in [1.165, 1.54) is 16.8 Å². The number of methoxy groups -OCH3 is 1. The SMILES string of the molecule is COc1ccccc1N=c1oc2c3c4c(cc2cc1C(=O)Nc1ccc(C)cc1)CCCN4CCC3. The van der Waals surface area contributed by atoms with Crippen molar-refractivity contribution in [2.45, 2.75) is 32.6 Å². The second kappa shape index (κ2) is 9.19. The van der Waals surface area contributed by atoms with Crippen molar-refractivity contribution in [3.63, 3.8) is 0 Å². The van der Waals surface area contributed by atoms with Gasteiger partial charge in [0.2, 0.25) is 5.55 Å². The number of hydrogen-bond donors (Lipinski definition) is 1. The summed E-state index contributed by atoms with van der Waals surface area (Å²) >= 11 is 0. The topological polar surface area (TPSA) is 67.1 Å². The summed E-state index contributed by atoms with van der Waals surface area (Å²) in [5.74, 6) is 0.363. The van der Waals surface area contributed by atoms with Gasteiger partial charge in [-0.05, 0) is 74.6 Å². The van der Waals surface area contributed by atoms with E-state index in [2.05, 4.69) is 16.3 Å². The number of para-hydroxylation sites is 2. The van der Waals surface area contributed by atoms with Crippen molar-refractivity contribution < 1.29 is 13.9 Å². The Hall–Kier alpha value is -4.06. The molecule has 3 aromatic carbocycles. The second-order valence-corrected chi connectivity index (χ2v) is 9.54. The Morgan fingerprint density at radius 2 is 1.81 bits per heavy atom. The highest BCUT2D eigenvalue weighted by molar-refractivity contribution is 6.06. The van der Waals surface area contributed by atoms with Crippen molar-refractivity contribution in [1.29, 1.82) is 0 Å². The van der Waals surface area contributed by atoms with Gasteiger partial charge in [-0.3, -0.25) is 4.79 Å². The molecule has 0 radical (unpaired) electrons. The van der Waals surface area contributed by atoms with Gasteiger partial charge in [0.15, 0.2) is 0 Å². The molecular formula is C30H29N3O3. The Balaban J connectivity index is 1.56. The number of ether oxygens (including phenoxy) is 1. The van der Waals surface area contributed by atoms with E-state index >= 15 is 0 Å². The van der Waals surface area contributed by atoms with Crippen molar-refractivity contribution in [1.82, 2.24) is 0 Å². The molecule has 4 aromatic rings. The maximum Gasteiger partial charge on any atom is 0.261 e. The van der Waals surface area contributed by atoms with Gasteiger partial charge in [-0.25, -0.2) is 4.99 Å². The third-order valence-corrected chi connectivity index (χ3v) is 7.09. The van der Waals surface area contributed by atoms with E-state index in [9.17, 15) is 4.79 Å². The maximum absolute atomic E-state index is 13.5. The summed E-state index contributed by atoms with van der Waals surface area (Å²) in [5, 5.41) is 3.96. The molecule has 1 aromatic heterocycles. The lowest BCUT2D eigenvalue weighted by Crippen LogP contribution is -2.34. The number of carbonyl (C=O) groups is 1. The Morgan fingerprint density at radius 3 is 2.61 bits per heavy atom. The van der Waals surface area contributed by atoms with Crippen molar-refractivity contribution >= 4 is 33.9 Å². The first-order chi connectivity index (χ1) is 17.6. The summed E-state index contributed by atoms with van der Waals surface area (Å²) in [4.78, 5) is 20.8. The van der Waals surface area contributed by atoms with Crippen LogP contribution < -0.4 is 20.5 Å². The molecule has 0 fully saturated rings. The van der Waals surface area contributed by atoms with E-state index in [1.807, 2.05) is 61.5 Å². The van der Waals surface area contributed by atoms with Crippen LogP contribution in [0.1, 0.15) is 39.9 Å². The van der Waals surface area contributed by atoms with Gasteiger partial charge in [0.25, 0.3) is 5.91 Å². The lowest BCUT2D eigenvalue weighted by atomic mass is 9.90. The molecule has 36 heavy (non-hydrogen) atoms. The lowest BCUT2D eigenvalue weighted by molar-refractivity contribution is 0.102. The van der Waals surface area contributed by atoms with Crippen LogP contribution in [0.25, 0.3) is 11.0 Å². The van der Waals surface area contributed by atoms with Crippen LogP contribution in [-0.2, 0) is 12.8 Å². The molecule has 2 aliphatic rings. The minimum Gasteiger partial charge on any atom is -0.494 e. The normalized spacial score (nSPS) is 15.1. The lowest BCUT2D eigenvalue weighted by Gasteiger charge is -2.37. The van der Waals surface area contributed by atoms with E-state index in [0.29, 0.717) is 17.0 Å². The number of fused-ring (bicyclic) bond motifs is 2. The number of anilines is 2. The second-order valence-electron chi connectivity index (χ2n) is 9.54. The van der Waals surface area contributed by atoms with Crippen LogP contribution in [-0.4, -0.2) is 26.1 Å². The zero-order chi connectivity index (χ0) is 24.6. The van der Waals surface area contributed by atoms with Gasteiger partial charge in [0.1, 0.15) is 22.6 Å². The Labute approximate surface area is 210 Å². The van der Waals surface area contributed by atoms with Gasteiger partial charge >= 0.3 is 0 Å². The van der Waals surface area contributed by atoms with E-state index in [1.54, 1.807) is 7.11 Å². The first-order valence-corrected chi connectivity index (χ1v) is 12.5. The molecule has 3 heterocycles. The maximum atomic E-state index is 13.5. The van der Waals surface area contributed by atoms with Crippen LogP contribution in [0.5, 0.6) is 5.75 Å². The van der Waals surface area contributed by atoms with Gasteiger partial charge in [0.05, 0.1) is 7.11 Å². The zero-order valence-electron chi connectivity index (χ0n) is 20.6. The van der Waals surface area contributed by atoms with Crippen LogP contribution in [0.4, 0.5) is 17.1 Å². The van der Waals surface area contributed by atoms with Crippen LogP contribution in [0.15, 0.2) is 70.1 Å². The number of nitrogens with one attached hydrogen (secondary N) is 1. The number of amides is 1. The number of hydrogen-bond acceptors (Lipinski definition) is 5. The Bertz CT molecular complexity index is 1530. The summed E-state index contributed by atoms with van der Waals surface area (Å²) in [5.41, 5.74) is 7.86. The minimum absolute atomic E-state index is 0.258. The minimum atomic E-state index is -0.258. The summed E-state index contributed by atoms with van der Waals surface area (Å²) in [7, 11) is 1.61. The van der Waals surface area contributed by atoms with Gasteiger partial charge in [-0.15, -0.1) is 0 Å². The molecule has 0 saturated carbocycles. The van der Waals surface area contributed by atoms with Crippen molar-refractivity contribution in [3.8, 4) is 5.75 Å². The molecule has 0 atom stereocenters. The Kier molecular flexibility index (Phi) is 5.72.